The Morgan fingerprint density at radius 2 is 2.06 bits per heavy atom. The zero-order valence-corrected chi connectivity index (χ0v) is 10.7. The minimum Gasteiger partial charge on any atom is -0.370 e. The number of anilines is 1. The summed E-state index contributed by atoms with van der Waals surface area (Å²) in [5.74, 6) is 1.62. The molecule has 0 unspecified atom stereocenters. The van der Waals surface area contributed by atoms with Crippen LogP contribution in [0.15, 0.2) is 12.4 Å². The molecule has 0 saturated heterocycles. The van der Waals surface area contributed by atoms with Crippen LogP contribution in [-0.2, 0) is 7.05 Å². The third-order valence-corrected chi connectivity index (χ3v) is 2.70. The van der Waals surface area contributed by atoms with Crippen molar-refractivity contribution in [1.82, 2.24) is 19.7 Å². The Bertz CT molecular complexity index is 530. The predicted octanol–water partition coefficient (Wildman–Crippen LogP) is 1.93. The van der Waals surface area contributed by atoms with Gasteiger partial charge < -0.3 is 5.32 Å². The molecule has 2 rings (SSSR count). The maximum Gasteiger partial charge on any atom is 0.164 e. The quantitative estimate of drug-likeness (QED) is 0.877. The first-order chi connectivity index (χ1) is 8.11. The van der Waals surface area contributed by atoms with Crippen LogP contribution < -0.4 is 5.32 Å². The molecule has 2 aromatic rings. The molecule has 5 nitrogen and oxygen atoms in total. The Kier molecular flexibility index (Phi) is 3.08. The largest absolute Gasteiger partial charge is 0.370 e. The normalized spacial score (nSPS) is 10.6. The van der Waals surface area contributed by atoms with E-state index in [0.29, 0.717) is 0 Å². The van der Waals surface area contributed by atoms with Gasteiger partial charge in [-0.15, -0.1) is 0 Å². The Balaban J connectivity index is 2.48. The van der Waals surface area contributed by atoms with Crippen LogP contribution in [0, 0.1) is 13.8 Å². The molecule has 0 radical (unpaired) electrons. The summed E-state index contributed by atoms with van der Waals surface area (Å²) >= 11 is 0. The minimum absolute atomic E-state index is 0.720. The monoisotopic (exact) mass is 231 g/mol. The van der Waals surface area contributed by atoms with Crippen molar-refractivity contribution in [3.63, 3.8) is 0 Å². The lowest BCUT2D eigenvalue weighted by atomic mass is 10.2. The number of rotatable bonds is 3. The molecule has 2 heterocycles. The fourth-order valence-corrected chi connectivity index (χ4v) is 1.63. The molecule has 17 heavy (non-hydrogen) atoms. The van der Waals surface area contributed by atoms with Gasteiger partial charge in [-0.2, -0.15) is 5.10 Å². The highest BCUT2D eigenvalue weighted by Gasteiger charge is 2.10. The highest BCUT2D eigenvalue weighted by molar-refractivity contribution is 5.58. The number of hydrogen-bond acceptors (Lipinski definition) is 4. The molecule has 0 aromatic carbocycles. The summed E-state index contributed by atoms with van der Waals surface area (Å²) in [5, 5.41) is 7.39. The van der Waals surface area contributed by atoms with Crippen LogP contribution in [0.5, 0.6) is 0 Å². The van der Waals surface area contributed by atoms with Crippen LogP contribution >= 0.6 is 0 Å². The van der Waals surface area contributed by atoms with E-state index in [2.05, 4.69) is 27.3 Å². The molecule has 90 valence electrons. The van der Waals surface area contributed by atoms with E-state index < -0.39 is 0 Å². The maximum absolute atomic E-state index is 4.53. The van der Waals surface area contributed by atoms with Crippen molar-refractivity contribution in [1.29, 1.82) is 0 Å². The van der Waals surface area contributed by atoms with Crippen LogP contribution in [0.3, 0.4) is 0 Å². The standard InChI is InChI=1S/C12H17N5/c1-5-13-11-8(2)9(3)15-12(16-11)10-6-14-17(4)7-10/h6-7H,5H2,1-4H3,(H,13,15,16). The van der Waals surface area contributed by atoms with Gasteiger partial charge in [0, 0.05) is 31.0 Å². The minimum atomic E-state index is 0.720. The number of aromatic nitrogens is 4. The van der Waals surface area contributed by atoms with Crippen molar-refractivity contribution in [2.75, 3.05) is 11.9 Å². The van der Waals surface area contributed by atoms with E-state index in [1.54, 1.807) is 10.9 Å². The summed E-state index contributed by atoms with van der Waals surface area (Å²) < 4.78 is 1.75. The first-order valence-corrected chi connectivity index (χ1v) is 5.70. The Morgan fingerprint density at radius 3 is 2.65 bits per heavy atom. The molecule has 1 N–H and O–H groups in total. The fourth-order valence-electron chi connectivity index (χ4n) is 1.63. The van der Waals surface area contributed by atoms with Crippen LogP contribution in [0.2, 0.25) is 0 Å². The molecule has 0 saturated carbocycles. The van der Waals surface area contributed by atoms with Crippen LogP contribution in [0.25, 0.3) is 11.4 Å². The average Bonchev–Trinajstić information content (AvgIpc) is 2.71. The number of nitrogens with one attached hydrogen (secondary N) is 1. The topological polar surface area (TPSA) is 55.6 Å². The third-order valence-electron chi connectivity index (χ3n) is 2.70. The van der Waals surface area contributed by atoms with Gasteiger partial charge in [-0.3, -0.25) is 4.68 Å². The lowest BCUT2D eigenvalue weighted by Crippen LogP contribution is -2.05. The van der Waals surface area contributed by atoms with Gasteiger partial charge in [-0.25, -0.2) is 9.97 Å². The van der Waals surface area contributed by atoms with Gasteiger partial charge in [0.25, 0.3) is 0 Å². The second kappa shape index (κ2) is 4.53. The molecule has 0 spiro atoms. The zero-order valence-electron chi connectivity index (χ0n) is 10.7. The molecule has 5 heteroatoms. The lowest BCUT2D eigenvalue weighted by Gasteiger charge is -2.10. The maximum atomic E-state index is 4.53. The van der Waals surface area contributed by atoms with Gasteiger partial charge >= 0.3 is 0 Å². The lowest BCUT2D eigenvalue weighted by molar-refractivity contribution is 0.768. The van der Waals surface area contributed by atoms with Gasteiger partial charge in [0.1, 0.15) is 5.82 Å². The van der Waals surface area contributed by atoms with E-state index in [1.807, 2.05) is 27.1 Å². The summed E-state index contributed by atoms with van der Waals surface area (Å²) in [4.78, 5) is 9.03. The summed E-state index contributed by atoms with van der Waals surface area (Å²) in [7, 11) is 1.88. The number of nitrogens with zero attached hydrogens (tertiary/aromatic N) is 4. The van der Waals surface area contributed by atoms with Crippen LogP contribution in [0.4, 0.5) is 5.82 Å². The van der Waals surface area contributed by atoms with Crippen molar-refractivity contribution in [2.45, 2.75) is 20.8 Å². The Hall–Kier alpha value is -1.91. The Morgan fingerprint density at radius 1 is 1.29 bits per heavy atom. The van der Waals surface area contributed by atoms with E-state index >= 15 is 0 Å². The van der Waals surface area contributed by atoms with Crippen molar-refractivity contribution >= 4 is 5.82 Å². The van der Waals surface area contributed by atoms with Crippen LogP contribution in [0.1, 0.15) is 18.2 Å². The molecule has 0 aliphatic rings. The Labute approximate surface area is 101 Å². The van der Waals surface area contributed by atoms with Gasteiger partial charge in [0.15, 0.2) is 5.82 Å². The highest BCUT2D eigenvalue weighted by Crippen LogP contribution is 2.20. The van der Waals surface area contributed by atoms with Crippen LogP contribution in [-0.4, -0.2) is 26.3 Å². The second-order valence-corrected chi connectivity index (χ2v) is 4.04. The highest BCUT2D eigenvalue weighted by atomic mass is 15.2. The molecule has 0 atom stereocenters. The van der Waals surface area contributed by atoms with Gasteiger partial charge in [0.2, 0.25) is 0 Å². The van der Waals surface area contributed by atoms with Gasteiger partial charge in [-0.05, 0) is 20.8 Å². The molecular weight excluding hydrogens is 214 g/mol. The molecule has 2 aromatic heterocycles. The SMILES string of the molecule is CCNc1nc(-c2cnn(C)c2)nc(C)c1C. The number of hydrogen-bond donors (Lipinski definition) is 1. The smallest absolute Gasteiger partial charge is 0.164 e. The van der Waals surface area contributed by atoms with Crippen molar-refractivity contribution < 1.29 is 0 Å². The molecule has 0 bridgehead atoms. The second-order valence-electron chi connectivity index (χ2n) is 4.04. The van der Waals surface area contributed by atoms with E-state index in [1.165, 1.54) is 0 Å². The summed E-state index contributed by atoms with van der Waals surface area (Å²) in [6, 6.07) is 0. The van der Waals surface area contributed by atoms with Crippen molar-refractivity contribution in [2.24, 2.45) is 7.05 Å². The van der Waals surface area contributed by atoms with E-state index in [0.717, 1.165) is 35.0 Å². The summed E-state index contributed by atoms with van der Waals surface area (Å²) in [6.07, 6.45) is 3.69. The molecule has 0 aliphatic carbocycles. The molecule has 0 fully saturated rings. The predicted molar refractivity (Wildman–Crippen MR) is 67.9 cm³/mol. The first kappa shape index (κ1) is 11.6. The average molecular weight is 231 g/mol. The summed E-state index contributed by atoms with van der Waals surface area (Å²) in [6.45, 7) is 6.93. The first-order valence-electron chi connectivity index (χ1n) is 5.70. The molecule has 0 amide bonds. The number of aryl methyl sites for hydroxylation is 2. The van der Waals surface area contributed by atoms with Gasteiger partial charge in [0.05, 0.1) is 11.8 Å². The zero-order chi connectivity index (χ0) is 12.4. The van der Waals surface area contributed by atoms with Crippen molar-refractivity contribution in [3.05, 3.63) is 23.7 Å². The van der Waals surface area contributed by atoms with E-state index in [9.17, 15) is 0 Å². The third kappa shape index (κ3) is 2.27. The fraction of sp³-hybridized carbons (Fsp3) is 0.417. The van der Waals surface area contributed by atoms with E-state index in [4.69, 9.17) is 0 Å². The summed E-state index contributed by atoms with van der Waals surface area (Å²) in [5.41, 5.74) is 3.03. The van der Waals surface area contributed by atoms with Gasteiger partial charge in [-0.1, -0.05) is 0 Å². The van der Waals surface area contributed by atoms with E-state index in [-0.39, 0.29) is 0 Å². The molecular formula is C12H17N5. The molecule has 0 aliphatic heterocycles. The van der Waals surface area contributed by atoms with Crippen molar-refractivity contribution in [3.8, 4) is 11.4 Å².